The Morgan fingerprint density at radius 2 is 2.14 bits per heavy atom. The predicted molar refractivity (Wildman–Crippen MR) is 83.8 cm³/mol. The molecular formula is C14H15ClO4S2. The molecule has 1 saturated carbocycles. The Kier molecular flexibility index (Phi) is 5.01. The van der Waals surface area contributed by atoms with Crippen molar-refractivity contribution in [2.75, 3.05) is 0 Å². The highest BCUT2D eigenvalue weighted by molar-refractivity contribution is 8.12. The molecule has 1 aromatic rings. The molecule has 4 nitrogen and oxygen atoms in total. The summed E-state index contributed by atoms with van der Waals surface area (Å²) in [5.74, 6) is 0.598. The van der Waals surface area contributed by atoms with Crippen LogP contribution in [0.1, 0.15) is 48.0 Å². The quantitative estimate of drug-likeness (QED) is 0.607. The smallest absolute Gasteiger partial charge is 0.252 e. The fraction of sp³-hybridized carbons (Fsp3) is 0.429. The summed E-state index contributed by atoms with van der Waals surface area (Å²) in [6.07, 6.45) is 2.96. The van der Waals surface area contributed by atoms with E-state index in [4.69, 9.17) is 11.6 Å². The fourth-order valence-electron chi connectivity index (χ4n) is 2.78. The maximum Gasteiger partial charge on any atom is 0.252 e. The Morgan fingerprint density at radius 1 is 1.43 bits per heavy atom. The molecular weight excluding hydrogens is 332 g/mol. The van der Waals surface area contributed by atoms with E-state index in [0.29, 0.717) is 16.2 Å². The van der Waals surface area contributed by atoms with Crippen LogP contribution in [0.4, 0.5) is 0 Å². The summed E-state index contributed by atoms with van der Waals surface area (Å²) in [5.41, 5.74) is 0.802. The van der Waals surface area contributed by atoms with E-state index in [9.17, 15) is 17.4 Å². The van der Waals surface area contributed by atoms with E-state index in [1.165, 1.54) is 6.07 Å². The molecule has 2 atom stereocenters. The van der Waals surface area contributed by atoms with Crippen molar-refractivity contribution in [3.8, 4) is 0 Å². The Labute approximate surface area is 132 Å². The van der Waals surface area contributed by atoms with Gasteiger partial charge in [-0.3, -0.25) is 4.79 Å². The lowest BCUT2D eigenvalue weighted by Crippen LogP contribution is -2.25. The van der Waals surface area contributed by atoms with Crippen molar-refractivity contribution < 1.29 is 17.4 Å². The van der Waals surface area contributed by atoms with Gasteiger partial charge in [-0.2, -0.15) is 0 Å². The van der Waals surface area contributed by atoms with Gasteiger partial charge in [-0.1, -0.05) is 19.4 Å². The first-order valence-corrected chi connectivity index (χ1v) is 9.34. The van der Waals surface area contributed by atoms with Crippen molar-refractivity contribution in [1.82, 2.24) is 0 Å². The van der Waals surface area contributed by atoms with Crippen LogP contribution in [0.5, 0.6) is 0 Å². The third-order valence-corrected chi connectivity index (χ3v) is 6.57. The largest absolute Gasteiger partial charge is 0.276 e. The van der Waals surface area contributed by atoms with Gasteiger partial charge in [0, 0.05) is 5.56 Å². The number of carbonyl (C=O) groups is 1. The minimum absolute atomic E-state index is 0.0282. The highest BCUT2D eigenvalue weighted by Gasteiger charge is 2.34. The van der Waals surface area contributed by atoms with Crippen LogP contribution in [0.25, 0.3) is 0 Å². The Bertz CT molecular complexity index is 718. The molecule has 0 spiro atoms. The maximum atomic E-state index is 12.2. The van der Waals surface area contributed by atoms with E-state index in [2.05, 4.69) is 6.92 Å². The molecule has 2 rings (SSSR count). The molecule has 0 heterocycles. The lowest BCUT2D eigenvalue weighted by molar-refractivity contribution is 0.108. The summed E-state index contributed by atoms with van der Waals surface area (Å²) < 4.78 is 35.7. The number of hydrogen-bond donors (Lipinski definition) is 0. The molecule has 0 bridgehead atoms. The van der Waals surface area contributed by atoms with E-state index >= 15 is 0 Å². The van der Waals surface area contributed by atoms with Crippen molar-refractivity contribution >= 4 is 42.6 Å². The third-order valence-electron chi connectivity index (χ3n) is 4.05. The van der Waals surface area contributed by atoms with Gasteiger partial charge in [0.2, 0.25) is 9.84 Å². The van der Waals surface area contributed by atoms with Crippen LogP contribution in [0.2, 0.25) is 0 Å². The molecule has 0 amide bonds. The van der Waals surface area contributed by atoms with Crippen LogP contribution in [0.15, 0.2) is 23.1 Å². The van der Waals surface area contributed by atoms with Gasteiger partial charge in [-0.05, 0) is 54.0 Å². The van der Waals surface area contributed by atoms with Crippen molar-refractivity contribution in [2.24, 2.45) is 5.92 Å². The van der Waals surface area contributed by atoms with E-state index in [-0.39, 0.29) is 27.6 Å². The van der Waals surface area contributed by atoms with Crippen LogP contribution in [0, 0.1) is 5.92 Å². The Balaban J connectivity index is 2.60. The van der Waals surface area contributed by atoms with Crippen molar-refractivity contribution in [2.45, 2.75) is 37.0 Å². The number of halogens is 1. The molecule has 114 valence electrons. The number of carbonyl (C=O) groups excluding carboxylic acids is 1. The normalized spacial score (nSPS) is 21.4. The van der Waals surface area contributed by atoms with Crippen LogP contribution in [-0.2, 0) is 21.1 Å². The topological polar surface area (TPSA) is 68.3 Å². The zero-order valence-electron chi connectivity index (χ0n) is 11.4. The molecule has 21 heavy (non-hydrogen) atoms. The number of benzene rings is 1. The van der Waals surface area contributed by atoms with Gasteiger partial charge in [-0.15, -0.1) is 0 Å². The van der Waals surface area contributed by atoms with Gasteiger partial charge in [-0.25, -0.2) is 12.6 Å². The average Bonchev–Trinajstić information content (AvgIpc) is 2.38. The second kappa shape index (κ2) is 6.42. The van der Waals surface area contributed by atoms with Crippen LogP contribution < -0.4 is 0 Å². The molecule has 1 aromatic carbocycles. The van der Waals surface area contributed by atoms with Gasteiger partial charge in [0.25, 0.3) is 5.24 Å². The average molecular weight is 347 g/mol. The first-order valence-electron chi connectivity index (χ1n) is 6.61. The van der Waals surface area contributed by atoms with Crippen LogP contribution >= 0.6 is 11.6 Å². The van der Waals surface area contributed by atoms with E-state index in [1.54, 1.807) is 12.1 Å². The van der Waals surface area contributed by atoms with Crippen LogP contribution in [0.3, 0.4) is 0 Å². The fourth-order valence-corrected chi connectivity index (χ4v) is 4.57. The van der Waals surface area contributed by atoms with E-state index < -0.39 is 15.1 Å². The highest BCUT2D eigenvalue weighted by Crippen LogP contribution is 2.46. The summed E-state index contributed by atoms with van der Waals surface area (Å²) in [5, 5.41) is -0.714. The number of hydrogen-bond acceptors (Lipinski definition) is 4. The summed E-state index contributed by atoms with van der Waals surface area (Å²) in [4.78, 5) is 11.3. The summed E-state index contributed by atoms with van der Waals surface area (Å²) in [6.45, 7) is 2.07. The number of sulfone groups is 1. The molecule has 0 saturated heterocycles. The molecule has 1 aliphatic carbocycles. The second-order valence-electron chi connectivity index (χ2n) is 5.12. The molecule has 1 aliphatic rings. The van der Waals surface area contributed by atoms with Crippen molar-refractivity contribution in [1.29, 1.82) is 0 Å². The zero-order chi connectivity index (χ0) is 15.6. The van der Waals surface area contributed by atoms with Crippen molar-refractivity contribution in [3.05, 3.63) is 29.3 Å². The van der Waals surface area contributed by atoms with Gasteiger partial charge in [0.05, 0.1) is 4.90 Å². The molecule has 0 radical (unpaired) electrons. The van der Waals surface area contributed by atoms with Crippen LogP contribution in [-0.4, -0.2) is 22.6 Å². The Hall–Kier alpha value is -0.980. The molecule has 7 heteroatoms. The minimum Gasteiger partial charge on any atom is -0.276 e. The predicted octanol–water partition coefficient (Wildman–Crippen LogP) is 2.72. The zero-order valence-corrected chi connectivity index (χ0v) is 13.8. The second-order valence-corrected chi connectivity index (χ2v) is 7.95. The summed E-state index contributed by atoms with van der Waals surface area (Å²) in [7, 11) is -3.84. The molecule has 0 N–H and O–H groups in total. The first kappa shape index (κ1) is 16.4. The maximum absolute atomic E-state index is 12.2. The third kappa shape index (κ3) is 3.27. The van der Waals surface area contributed by atoms with Gasteiger partial charge in [0.15, 0.2) is 0 Å². The molecule has 1 fully saturated rings. The van der Waals surface area contributed by atoms with E-state index in [1.807, 2.05) is 0 Å². The SMILES string of the molecule is CCC1CCC1c1ccc(C(=O)Cl)cc1S(=O)(=O)C=S=O. The first-order chi connectivity index (χ1) is 9.90. The lowest BCUT2D eigenvalue weighted by Gasteiger charge is -2.37. The van der Waals surface area contributed by atoms with E-state index in [0.717, 1.165) is 19.3 Å². The Morgan fingerprint density at radius 3 is 2.62 bits per heavy atom. The highest BCUT2D eigenvalue weighted by atomic mass is 35.5. The van der Waals surface area contributed by atoms with Gasteiger partial charge >= 0.3 is 0 Å². The number of rotatable bonds is 5. The monoisotopic (exact) mass is 346 g/mol. The summed E-state index contributed by atoms with van der Waals surface area (Å²) in [6, 6.07) is 4.47. The molecule has 0 aliphatic heterocycles. The molecule has 0 aromatic heterocycles. The standard InChI is InChI=1S/C14H15ClO4S2/c1-2-9-3-5-11(9)12-6-4-10(14(15)16)7-13(12)21(18,19)8-20-17/h4,6-9,11H,2-3,5H2,1H3. The van der Waals surface area contributed by atoms with Gasteiger partial charge < -0.3 is 0 Å². The lowest BCUT2D eigenvalue weighted by atomic mass is 9.69. The van der Waals surface area contributed by atoms with Gasteiger partial charge in [0.1, 0.15) is 16.0 Å². The minimum atomic E-state index is -3.84. The summed E-state index contributed by atoms with van der Waals surface area (Å²) >= 11 is 5.32. The molecule has 2 unspecified atom stereocenters. The van der Waals surface area contributed by atoms with Crippen molar-refractivity contribution in [3.63, 3.8) is 0 Å².